The van der Waals surface area contributed by atoms with E-state index in [4.69, 9.17) is 9.11 Å². The Kier molecular flexibility index (Phi) is 5.37. The standard InChI is InChI=1S/C9H10O6S2.Li/c1-6(2)7-4-3-5-8(16(10,11)12)9(7)17(13,14)15;/h3-5H,1H2,2H3,(H,10,11,12)(H,13,14,15);. The molecule has 0 heterocycles. The zero-order valence-electron chi connectivity index (χ0n) is 9.78. The molecule has 18 heavy (non-hydrogen) atoms. The molecule has 0 saturated carbocycles. The Morgan fingerprint density at radius 1 is 1.11 bits per heavy atom. The van der Waals surface area contributed by atoms with E-state index in [9.17, 15) is 16.8 Å². The molecule has 0 aromatic heterocycles. The maximum Gasteiger partial charge on any atom is 0.296 e. The third-order valence-electron chi connectivity index (χ3n) is 1.97. The summed E-state index contributed by atoms with van der Waals surface area (Å²) in [5.41, 5.74) is 0.172. The number of rotatable bonds is 3. The summed E-state index contributed by atoms with van der Waals surface area (Å²) < 4.78 is 62.3. The van der Waals surface area contributed by atoms with Crippen LogP contribution in [0.2, 0.25) is 0 Å². The van der Waals surface area contributed by atoms with Crippen LogP contribution in [0.25, 0.3) is 5.57 Å². The van der Waals surface area contributed by atoms with E-state index in [1.165, 1.54) is 19.1 Å². The molecule has 0 aliphatic carbocycles. The number of hydrogen-bond donors (Lipinski definition) is 2. The van der Waals surface area contributed by atoms with Gasteiger partial charge in [0.2, 0.25) is 0 Å². The van der Waals surface area contributed by atoms with Crippen molar-refractivity contribution in [3.8, 4) is 0 Å². The Hall–Kier alpha value is -0.623. The van der Waals surface area contributed by atoms with Crippen molar-refractivity contribution in [3.63, 3.8) is 0 Å². The maximum absolute atomic E-state index is 11.2. The molecule has 0 unspecified atom stereocenters. The molecule has 0 atom stereocenters. The van der Waals surface area contributed by atoms with Crippen LogP contribution in [0.3, 0.4) is 0 Å². The van der Waals surface area contributed by atoms with E-state index in [-0.39, 0.29) is 30.0 Å². The van der Waals surface area contributed by atoms with Gasteiger partial charge in [-0.25, -0.2) is 0 Å². The predicted molar refractivity (Wildman–Crippen MR) is 66.5 cm³/mol. The Morgan fingerprint density at radius 3 is 1.94 bits per heavy atom. The molecule has 0 aliphatic rings. The Morgan fingerprint density at radius 2 is 1.61 bits per heavy atom. The molecule has 9 heteroatoms. The van der Waals surface area contributed by atoms with E-state index in [0.717, 1.165) is 6.07 Å². The summed E-state index contributed by atoms with van der Waals surface area (Å²) in [6.07, 6.45) is 0. The summed E-state index contributed by atoms with van der Waals surface area (Å²) in [6, 6.07) is 3.40. The van der Waals surface area contributed by atoms with Crippen molar-refractivity contribution >= 4 is 44.7 Å². The van der Waals surface area contributed by atoms with Crippen molar-refractivity contribution in [2.45, 2.75) is 16.7 Å². The van der Waals surface area contributed by atoms with Gasteiger partial charge < -0.3 is 0 Å². The smallest absolute Gasteiger partial charge is 0.282 e. The first-order chi connectivity index (χ1) is 7.55. The molecule has 0 aliphatic heterocycles. The molecule has 1 aromatic carbocycles. The van der Waals surface area contributed by atoms with E-state index < -0.39 is 30.0 Å². The van der Waals surface area contributed by atoms with Gasteiger partial charge in [-0.15, -0.1) is 0 Å². The molecule has 0 spiro atoms. The van der Waals surface area contributed by atoms with E-state index in [2.05, 4.69) is 6.58 Å². The second-order valence-electron chi connectivity index (χ2n) is 3.36. The molecule has 6 nitrogen and oxygen atoms in total. The molecule has 0 amide bonds. The first-order valence-corrected chi connectivity index (χ1v) is 7.17. The molecule has 1 aromatic rings. The largest absolute Gasteiger partial charge is 0.296 e. The zero-order valence-corrected chi connectivity index (χ0v) is 11.4. The van der Waals surface area contributed by atoms with Crippen LogP contribution in [0, 0.1) is 0 Å². The second kappa shape index (κ2) is 5.57. The van der Waals surface area contributed by atoms with Crippen LogP contribution in [-0.4, -0.2) is 44.8 Å². The van der Waals surface area contributed by atoms with Crippen molar-refractivity contribution in [2.24, 2.45) is 0 Å². The monoisotopic (exact) mass is 285 g/mol. The Bertz CT molecular complexity index is 675. The molecule has 1 radical (unpaired) electrons. The fraction of sp³-hybridized carbons (Fsp3) is 0.111. The maximum atomic E-state index is 11.2. The van der Waals surface area contributed by atoms with Gasteiger partial charge in [0.1, 0.15) is 9.79 Å². The summed E-state index contributed by atoms with van der Waals surface area (Å²) in [4.78, 5) is -1.74. The minimum Gasteiger partial charge on any atom is -0.282 e. The third kappa shape index (κ3) is 3.68. The fourth-order valence-electron chi connectivity index (χ4n) is 1.32. The minimum absolute atomic E-state index is 0. The molecule has 0 fully saturated rings. The number of benzene rings is 1. The van der Waals surface area contributed by atoms with Crippen LogP contribution in [0.4, 0.5) is 0 Å². The fourth-order valence-corrected chi connectivity index (χ4v) is 3.39. The summed E-state index contributed by atoms with van der Waals surface area (Å²) in [5.74, 6) is 0. The average Bonchev–Trinajstić information content (AvgIpc) is 2.13. The zero-order chi connectivity index (χ0) is 13.4. The van der Waals surface area contributed by atoms with Crippen LogP contribution in [-0.2, 0) is 20.2 Å². The van der Waals surface area contributed by atoms with E-state index >= 15 is 0 Å². The first-order valence-electron chi connectivity index (χ1n) is 4.29. The van der Waals surface area contributed by atoms with Gasteiger partial charge in [-0.05, 0) is 24.1 Å². The minimum atomic E-state index is -4.79. The van der Waals surface area contributed by atoms with Gasteiger partial charge in [0.25, 0.3) is 20.2 Å². The van der Waals surface area contributed by atoms with Crippen LogP contribution >= 0.6 is 0 Å². The molecular formula is C9H10LiO6S2. The van der Waals surface area contributed by atoms with Gasteiger partial charge in [-0.2, -0.15) is 16.8 Å². The van der Waals surface area contributed by atoms with Crippen LogP contribution in [0.5, 0.6) is 0 Å². The first kappa shape index (κ1) is 17.4. The molecule has 1 rings (SSSR count). The second-order valence-corrected chi connectivity index (χ2v) is 6.11. The van der Waals surface area contributed by atoms with Gasteiger partial charge >= 0.3 is 0 Å². The molecule has 2 N–H and O–H groups in total. The van der Waals surface area contributed by atoms with E-state index in [1.807, 2.05) is 0 Å². The van der Waals surface area contributed by atoms with Gasteiger partial charge in [0.15, 0.2) is 0 Å². The Balaban J connectivity index is 0.00000289. The molecular weight excluding hydrogens is 275 g/mol. The Labute approximate surface area is 117 Å². The summed E-state index contributed by atoms with van der Waals surface area (Å²) >= 11 is 0. The average molecular weight is 285 g/mol. The summed E-state index contributed by atoms with van der Waals surface area (Å²) in [7, 11) is -9.55. The molecule has 0 saturated heterocycles. The van der Waals surface area contributed by atoms with Crippen molar-refractivity contribution in [1.82, 2.24) is 0 Å². The third-order valence-corrected chi connectivity index (χ3v) is 3.96. The van der Waals surface area contributed by atoms with Crippen LogP contribution < -0.4 is 0 Å². The SMILES string of the molecule is C=C(C)c1cccc(S(=O)(=O)O)c1S(=O)(=O)O.[Li]. The summed E-state index contributed by atoms with van der Waals surface area (Å²) in [5, 5.41) is 0. The summed E-state index contributed by atoms with van der Waals surface area (Å²) in [6.45, 7) is 4.91. The van der Waals surface area contributed by atoms with Crippen molar-refractivity contribution < 1.29 is 25.9 Å². The molecule has 0 bridgehead atoms. The topological polar surface area (TPSA) is 109 Å². The van der Waals surface area contributed by atoms with Crippen LogP contribution in [0.15, 0.2) is 34.6 Å². The number of hydrogen-bond acceptors (Lipinski definition) is 4. The van der Waals surface area contributed by atoms with E-state index in [1.54, 1.807) is 0 Å². The van der Waals surface area contributed by atoms with Crippen LogP contribution in [0.1, 0.15) is 12.5 Å². The normalized spacial score (nSPS) is 11.7. The van der Waals surface area contributed by atoms with Crippen molar-refractivity contribution in [3.05, 3.63) is 30.3 Å². The van der Waals surface area contributed by atoms with Gasteiger partial charge in [0.05, 0.1) is 0 Å². The quantitative estimate of drug-likeness (QED) is 0.629. The van der Waals surface area contributed by atoms with Crippen molar-refractivity contribution in [1.29, 1.82) is 0 Å². The van der Waals surface area contributed by atoms with E-state index in [0.29, 0.717) is 0 Å². The van der Waals surface area contributed by atoms with Gasteiger partial charge in [0, 0.05) is 18.9 Å². The van der Waals surface area contributed by atoms with Gasteiger partial charge in [-0.1, -0.05) is 18.7 Å². The van der Waals surface area contributed by atoms with Crippen molar-refractivity contribution in [2.75, 3.05) is 0 Å². The van der Waals surface area contributed by atoms with Gasteiger partial charge in [-0.3, -0.25) is 9.11 Å². The molecule has 95 valence electrons. The number of allylic oxidation sites excluding steroid dienone is 1. The predicted octanol–water partition coefficient (Wildman–Crippen LogP) is 0.832.